The van der Waals surface area contributed by atoms with Crippen LogP contribution < -0.4 is 5.32 Å². The Labute approximate surface area is 204 Å². The molecule has 0 heterocycles. The van der Waals surface area contributed by atoms with Gasteiger partial charge in [-0.3, -0.25) is 9.59 Å². The number of benzene rings is 3. The molecule has 0 aliphatic carbocycles. The largest absolute Gasteiger partial charge is 0.354 e. The minimum atomic E-state index is -0.591. The molecule has 3 aromatic carbocycles. The van der Waals surface area contributed by atoms with Gasteiger partial charge in [-0.15, -0.1) is 0 Å². The summed E-state index contributed by atoms with van der Waals surface area (Å²) in [4.78, 5) is 29.0. The van der Waals surface area contributed by atoms with Crippen molar-refractivity contribution in [2.75, 3.05) is 6.54 Å². The molecule has 0 aromatic heterocycles. The van der Waals surface area contributed by atoms with E-state index in [4.69, 9.17) is 0 Å². The van der Waals surface area contributed by atoms with Crippen LogP contribution in [0.3, 0.4) is 0 Å². The minimum absolute atomic E-state index is 0.0391. The van der Waals surface area contributed by atoms with Crippen molar-refractivity contribution >= 4 is 11.8 Å². The summed E-state index contributed by atoms with van der Waals surface area (Å²) >= 11 is 0. The van der Waals surface area contributed by atoms with E-state index in [2.05, 4.69) is 29.6 Å². The summed E-state index contributed by atoms with van der Waals surface area (Å²) in [5.74, 6) is -0.143. The van der Waals surface area contributed by atoms with Gasteiger partial charge in [-0.2, -0.15) is 0 Å². The van der Waals surface area contributed by atoms with Crippen LogP contribution in [0.25, 0.3) is 0 Å². The highest BCUT2D eigenvalue weighted by molar-refractivity contribution is 5.89. The van der Waals surface area contributed by atoms with Crippen molar-refractivity contribution in [2.45, 2.75) is 59.5 Å². The molecule has 0 bridgehead atoms. The molecule has 4 nitrogen and oxygen atoms in total. The maximum absolute atomic E-state index is 13.8. The van der Waals surface area contributed by atoms with Crippen molar-refractivity contribution < 1.29 is 9.59 Å². The highest BCUT2D eigenvalue weighted by atomic mass is 16.2. The number of aryl methyl sites for hydroxylation is 3. The van der Waals surface area contributed by atoms with E-state index < -0.39 is 6.04 Å². The molecule has 2 amide bonds. The average Bonchev–Trinajstić information content (AvgIpc) is 2.82. The van der Waals surface area contributed by atoms with Crippen molar-refractivity contribution in [3.63, 3.8) is 0 Å². The minimum Gasteiger partial charge on any atom is -0.354 e. The first-order valence-electron chi connectivity index (χ1n) is 12.1. The van der Waals surface area contributed by atoms with Gasteiger partial charge in [0.25, 0.3) is 0 Å². The quantitative estimate of drug-likeness (QED) is 0.449. The molecule has 0 saturated heterocycles. The molecule has 1 N–H and O–H groups in total. The molecule has 0 saturated carbocycles. The molecule has 3 rings (SSSR count). The van der Waals surface area contributed by atoms with Crippen LogP contribution in [-0.4, -0.2) is 29.3 Å². The van der Waals surface area contributed by atoms with Crippen molar-refractivity contribution in [3.8, 4) is 0 Å². The fourth-order valence-electron chi connectivity index (χ4n) is 4.18. The standard InChI is InChI=1S/C30H36N2O2/c1-5-16-31-30(34)28(19-25-11-7-6-8-12-25)32(21-26-13-9-10-22(2)17-26)29(33)20-27-18-23(3)14-15-24(27)4/h6-15,17-18,28H,5,16,19-21H2,1-4H3,(H,31,34)/t28-/m0/s1. The van der Waals surface area contributed by atoms with Crippen LogP contribution in [0, 0.1) is 20.8 Å². The van der Waals surface area contributed by atoms with E-state index in [0.29, 0.717) is 19.5 Å². The lowest BCUT2D eigenvalue weighted by Gasteiger charge is -2.32. The van der Waals surface area contributed by atoms with Gasteiger partial charge in [0.05, 0.1) is 6.42 Å². The van der Waals surface area contributed by atoms with Gasteiger partial charge in [-0.25, -0.2) is 0 Å². The highest BCUT2D eigenvalue weighted by Crippen LogP contribution is 2.19. The maximum Gasteiger partial charge on any atom is 0.243 e. The number of carbonyl (C=O) groups excluding carboxylic acids is 2. The van der Waals surface area contributed by atoms with E-state index in [1.807, 2.05) is 76.2 Å². The van der Waals surface area contributed by atoms with Crippen LogP contribution in [0.1, 0.15) is 46.7 Å². The van der Waals surface area contributed by atoms with Gasteiger partial charge >= 0.3 is 0 Å². The van der Waals surface area contributed by atoms with Gasteiger partial charge in [-0.05, 0) is 49.4 Å². The van der Waals surface area contributed by atoms with Crippen LogP contribution in [0.15, 0.2) is 72.8 Å². The Hall–Kier alpha value is -3.40. The van der Waals surface area contributed by atoms with Crippen molar-refractivity contribution in [1.82, 2.24) is 10.2 Å². The Balaban J connectivity index is 1.98. The zero-order valence-electron chi connectivity index (χ0n) is 20.8. The van der Waals surface area contributed by atoms with Gasteiger partial charge in [0.15, 0.2) is 0 Å². The Morgan fingerprint density at radius 3 is 2.26 bits per heavy atom. The number of hydrogen-bond donors (Lipinski definition) is 1. The summed E-state index contributed by atoms with van der Waals surface area (Å²) in [5, 5.41) is 3.04. The normalized spacial score (nSPS) is 11.6. The summed E-state index contributed by atoms with van der Waals surface area (Å²) in [6, 6.07) is 23.7. The molecular weight excluding hydrogens is 420 g/mol. The fourth-order valence-corrected chi connectivity index (χ4v) is 4.18. The third-order valence-corrected chi connectivity index (χ3v) is 6.10. The molecule has 3 aromatic rings. The van der Waals surface area contributed by atoms with Crippen LogP contribution in [0.4, 0.5) is 0 Å². The second-order valence-electron chi connectivity index (χ2n) is 9.11. The molecule has 0 aliphatic rings. The summed E-state index contributed by atoms with van der Waals surface area (Å²) in [5.41, 5.74) is 6.41. The Bertz CT molecular complexity index is 1110. The molecular formula is C30H36N2O2. The maximum atomic E-state index is 13.8. The number of amides is 2. The first-order chi connectivity index (χ1) is 16.4. The molecule has 34 heavy (non-hydrogen) atoms. The van der Waals surface area contributed by atoms with Gasteiger partial charge in [0.1, 0.15) is 6.04 Å². The Morgan fingerprint density at radius 1 is 0.853 bits per heavy atom. The fraction of sp³-hybridized carbons (Fsp3) is 0.333. The van der Waals surface area contributed by atoms with Crippen molar-refractivity contribution in [3.05, 3.63) is 106 Å². The lowest BCUT2D eigenvalue weighted by atomic mass is 9.99. The zero-order chi connectivity index (χ0) is 24.5. The number of nitrogens with one attached hydrogen (secondary N) is 1. The molecule has 4 heteroatoms. The van der Waals surface area contributed by atoms with E-state index in [9.17, 15) is 9.59 Å². The predicted octanol–water partition coefficient (Wildman–Crippen LogP) is 5.32. The third kappa shape index (κ3) is 7.05. The molecule has 178 valence electrons. The SMILES string of the molecule is CCCNC(=O)[C@H](Cc1ccccc1)N(Cc1cccc(C)c1)C(=O)Cc1cc(C)ccc1C. The van der Waals surface area contributed by atoms with Gasteiger partial charge in [-0.1, -0.05) is 90.8 Å². The number of rotatable bonds is 10. The second-order valence-corrected chi connectivity index (χ2v) is 9.11. The van der Waals surface area contributed by atoms with E-state index in [0.717, 1.165) is 39.8 Å². The number of nitrogens with zero attached hydrogens (tertiary/aromatic N) is 1. The van der Waals surface area contributed by atoms with Crippen LogP contribution in [0.5, 0.6) is 0 Å². The molecule has 0 aliphatic heterocycles. The first-order valence-corrected chi connectivity index (χ1v) is 12.1. The summed E-state index contributed by atoms with van der Waals surface area (Å²) in [6.07, 6.45) is 1.59. The molecule has 0 unspecified atom stereocenters. The second kappa shape index (κ2) is 12.2. The molecule has 0 fully saturated rings. The van der Waals surface area contributed by atoms with E-state index in [1.54, 1.807) is 4.90 Å². The Kier molecular flexibility index (Phi) is 9.03. The van der Waals surface area contributed by atoms with E-state index in [-0.39, 0.29) is 18.2 Å². The Morgan fingerprint density at radius 2 is 1.56 bits per heavy atom. The van der Waals surface area contributed by atoms with Gasteiger partial charge < -0.3 is 10.2 Å². The smallest absolute Gasteiger partial charge is 0.243 e. The molecule has 1 atom stereocenters. The van der Waals surface area contributed by atoms with Crippen molar-refractivity contribution in [2.24, 2.45) is 0 Å². The summed E-state index contributed by atoms with van der Waals surface area (Å²) in [6.45, 7) is 9.12. The lowest BCUT2D eigenvalue weighted by molar-refractivity contribution is -0.140. The lowest BCUT2D eigenvalue weighted by Crippen LogP contribution is -2.51. The van der Waals surface area contributed by atoms with Gasteiger partial charge in [0, 0.05) is 19.5 Å². The van der Waals surface area contributed by atoms with Gasteiger partial charge in [0.2, 0.25) is 11.8 Å². The highest BCUT2D eigenvalue weighted by Gasteiger charge is 2.30. The number of hydrogen-bond acceptors (Lipinski definition) is 2. The molecule has 0 radical (unpaired) electrons. The van der Waals surface area contributed by atoms with Crippen molar-refractivity contribution in [1.29, 1.82) is 0 Å². The monoisotopic (exact) mass is 456 g/mol. The molecule has 0 spiro atoms. The summed E-state index contributed by atoms with van der Waals surface area (Å²) in [7, 11) is 0. The average molecular weight is 457 g/mol. The summed E-state index contributed by atoms with van der Waals surface area (Å²) < 4.78 is 0. The topological polar surface area (TPSA) is 49.4 Å². The van der Waals surface area contributed by atoms with E-state index >= 15 is 0 Å². The van der Waals surface area contributed by atoms with Crippen LogP contribution in [0.2, 0.25) is 0 Å². The third-order valence-electron chi connectivity index (χ3n) is 6.10. The predicted molar refractivity (Wildman–Crippen MR) is 139 cm³/mol. The van der Waals surface area contributed by atoms with Crippen LogP contribution in [-0.2, 0) is 29.0 Å². The zero-order valence-corrected chi connectivity index (χ0v) is 20.8. The number of carbonyl (C=O) groups is 2. The van der Waals surface area contributed by atoms with E-state index in [1.165, 1.54) is 0 Å². The first kappa shape index (κ1) is 25.2. The van der Waals surface area contributed by atoms with Crippen LogP contribution >= 0.6 is 0 Å².